The molecular weight excluding hydrogens is 353 g/mol. The smallest absolute Gasteiger partial charge is 0.277 e. The van der Waals surface area contributed by atoms with Crippen molar-refractivity contribution in [2.75, 3.05) is 5.32 Å². The molecule has 26 heavy (non-hydrogen) atoms. The molecule has 1 amide bonds. The number of benzene rings is 2. The molecule has 1 atom stereocenters. The van der Waals surface area contributed by atoms with Crippen molar-refractivity contribution in [2.45, 2.75) is 31.2 Å². The first-order valence-corrected chi connectivity index (χ1v) is 8.94. The van der Waals surface area contributed by atoms with E-state index in [4.69, 9.17) is 4.42 Å². The molecule has 1 heterocycles. The summed E-state index contributed by atoms with van der Waals surface area (Å²) in [6.07, 6.45) is 0. The van der Waals surface area contributed by atoms with Crippen molar-refractivity contribution in [3.8, 4) is 11.5 Å². The molecule has 0 saturated heterocycles. The van der Waals surface area contributed by atoms with Gasteiger partial charge in [0.05, 0.1) is 5.25 Å². The predicted molar refractivity (Wildman–Crippen MR) is 99.6 cm³/mol. The van der Waals surface area contributed by atoms with Gasteiger partial charge >= 0.3 is 0 Å². The average Bonchev–Trinajstić information content (AvgIpc) is 3.06. The van der Waals surface area contributed by atoms with E-state index in [1.54, 1.807) is 19.1 Å². The third kappa shape index (κ3) is 4.29. The van der Waals surface area contributed by atoms with Crippen LogP contribution in [-0.4, -0.2) is 21.4 Å². The fourth-order valence-electron chi connectivity index (χ4n) is 2.36. The van der Waals surface area contributed by atoms with Crippen LogP contribution in [0.25, 0.3) is 11.5 Å². The van der Waals surface area contributed by atoms with Gasteiger partial charge in [-0.2, -0.15) is 0 Å². The second-order valence-electron chi connectivity index (χ2n) is 5.95. The summed E-state index contributed by atoms with van der Waals surface area (Å²) in [5.74, 6) is -0.197. The van der Waals surface area contributed by atoms with Gasteiger partial charge in [0.25, 0.3) is 5.22 Å². The standard InChI is InChI=1S/C19H18FN3O2S/c1-11-4-9-16(12(2)10-11)21-17(24)13(3)26-19-23-22-18(25-19)14-5-7-15(20)8-6-14/h4-10,13H,1-3H3,(H,21,24)/t13-/m1/s1. The summed E-state index contributed by atoms with van der Waals surface area (Å²) in [4.78, 5) is 12.4. The van der Waals surface area contributed by atoms with Crippen LogP contribution in [0, 0.1) is 19.7 Å². The van der Waals surface area contributed by atoms with Gasteiger partial charge < -0.3 is 9.73 Å². The number of carbonyl (C=O) groups excluding carboxylic acids is 1. The summed E-state index contributed by atoms with van der Waals surface area (Å²) in [6.45, 7) is 5.73. The number of rotatable bonds is 5. The molecule has 3 rings (SSSR count). The van der Waals surface area contributed by atoms with Crippen molar-refractivity contribution in [3.63, 3.8) is 0 Å². The third-order valence-corrected chi connectivity index (χ3v) is 4.72. The van der Waals surface area contributed by atoms with Crippen molar-refractivity contribution >= 4 is 23.4 Å². The minimum atomic E-state index is -0.419. The van der Waals surface area contributed by atoms with Gasteiger partial charge in [0.15, 0.2) is 0 Å². The summed E-state index contributed by atoms with van der Waals surface area (Å²) < 4.78 is 18.5. The number of hydrogen-bond donors (Lipinski definition) is 1. The highest BCUT2D eigenvalue weighted by atomic mass is 32.2. The maximum Gasteiger partial charge on any atom is 0.277 e. The van der Waals surface area contributed by atoms with Gasteiger partial charge in [-0.15, -0.1) is 10.2 Å². The SMILES string of the molecule is Cc1ccc(NC(=O)[C@@H](C)Sc2nnc(-c3ccc(F)cc3)o2)c(C)c1. The lowest BCUT2D eigenvalue weighted by molar-refractivity contribution is -0.115. The molecule has 0 fully saturated rings. The molecule has 3 aromatic rings. The number of hydrogen-bond acceptors (Lipinski definition) is 5. The highest BCUT2D eigenvalue weighted by Crippen LogP contribution is 2.27. The van der Waals surface area contributed by atoms with Gasteiger partial charge in [-0.1, -0.05) is 29.5 Å². The molecule has 0 aliphatic rings. The molecule has 0 bridgehead atoms. The van der Waals surface area contributed by atoms with Crippen LogP contribution in [0.5, 0.6) is 0 Å². The van der Waals surface area contributed by atoms with Crippen molar-refractivity contribution < 1.29 is 13.6 Å². The average molecular weight is 371 g/mol. The summed E-state index contributed by atoms with van der Waals surface area (Å²) in [6, 6.07) is 11.6. The molecule has 7 heteroatoms. The Kier molecular flexibility index (Phi) is 5.37. The first-order valence-electron chi connectivity index (χ1n) is 8.06. The molecule has 1 N–H and O–H groups in total. The fraction of sp³-hybridized carbons (Fsp3) is 0.211. The van der Waals surface area contributed by atoms with E-state index in [9.17, 15) is 9.18 Å². The third-order valence-electron chi connectivity index (χ3n) is 3.78. The zero-order chi connectivity index (χ0) is 18.7. The number of nitrogens with zero attached hydrogens (tertiary/aromatic N) is 2. The predicted octanol–water partition coefficient (Wildman–Crippen LogP) is 4.61. The van der Waals surface area contributed by atoms with Crippen LogP contribution in [0.4, 0.5) is 10.1 Å². The number of carbonyl (C=O) groups is 1. The lowest BCUT2D eigenvalue weighted by Gasteiger charge is -2.12. The topological polar surface area (TPSA) is 68.0 Å². The Morgan fingerprint density at radius 1 is 1.15 bits per heavy atom. The van der Waals surface area contributed by atoms with Crippen LogP contribution < -0.4 is 5.32 Å². The molecule has 2 aromatic carbocycles. The van der Waals surface area contributed by atoms with Crippen LogP contribution >= 0.6 is 11.8 Å². The quantitative estimate of drug-likeness (QED) is 0.663. The highest BCUT2D eigenvalue weighted by Gasteiger charge is 2.19. The van der Waals surface area contributed by atoms with E-state index in [0.29, 0.717) is 5.56 Å². The van der Waals surface area contributed by atoms with Crippen LogP contribution in [0.1, 0.15) is 18.1 Å². The van der Waals surface area contributed by atoms with Crippen LogP contribution in [0.15, 0.2) is 52.1 Å². The zero-order valence-electron chi connectivity index (χ0n) is 14.6. The fourth-order valence-corrected chi connectivity index (χ4v) is 3.04. The molecule has 134 valence electrons. The molecule has 0 aliphatic heterocycles. The minimum absolute atomic E-state index is 0.150. The first-order chi connectivity index (χ1) is 12.4. The lowest BCUT2D eigenvalue weighted by Crippen LogP contribution is -2.22. The monoisotopic (exact) mass is 371 g/mol. The summed E-state index contributed by atoms with van der Waals surface area (Å²) in [5.41, 5.74) is 3.55. The molecule has 0 unspecified atom stereocenters. The van der Waals surface area contributed by atoms with Gasteiger partial charge in [0.1, 0.15) is 5.82 Å². The summed E-state index contributed by atoms with van der Waals surface area (Å²) in [5, 5.41) is 10.7. The maximum atomic E-state index is 13.0. The van der Waals surface area contributed by atoms with Crippen molar-refractivity contribution in [3.05, 3.63) is 59.4 Å². The van der Waals surface area contributed by atoms with Crippen molar-refractivity contribution in [1.29, 1.82) is 0 Å². The molecule has 5 nitrogen and oxygen atoms in total. The van der Waals surface area contributed by atoms with Crippen molar-refractivity contribution in [1.82, 2.24) is 10.2 Å². The number of aryl methyl sites for hydroxylation is 2. The Morgan fingerprint density at radius 2 is 1.88 bits per heavy atom. The summed E-state index contributed by atoms with van der Waals surface area (Å²) in [7, 11) is 0. The Bertz CT molecular complexity index is 925. The molecular formula is C19H18FN3O2S. The van der Waals surface area contributed by atoms with E-state index in [1.807, 2.05) is 32.0 Å². The number of anilines is 1. The van der Waals surface area contributed by atoms with E-state index in [2.05, 4.69) is 15.5 Å². The van der Waals surface area contributed by atoms with Crippen LogP contribution in [0.2, 0.25) is 0 Å². The van der Waals surface area contributed by atoms with Gasteiger partial charge in [-0.25, -0.2) is 4.39 Å². The molecule has 0 aliphatic carbocycles. The Morgan fingerprint density at radius 3 is 2.58 bits per heavy atom. The van der Waals surface area contributed by atoms with Gasteiger partial charge in [-0.05, 0) is 56.7 Å². The minimum Gasteiger partial charge on any atom is -0.411 e. The van der Waals surface area contributed by atoms with Gasteiger partial charge in [-0.3, -0.25) is 4.79 Å². The second kappa shape index (κ2) is 7.70. The van der Waals surface area contributed by atoms with Gasteiger partial charge in [0.2, 0.25) is 11.8 Å². The lowest BCUT2D eigenvalue weighted by atomic mass is 10.1. The van der Waals surface area contributed by atoms with Crippen LogP contribution in [-0.2, 0) is 4.79 Å². The van der Waals surface area contributed by atoms with E-state index in [-0.39, 0.29) is 22.8 Å². The second-order valence-corrected chi connectivity index (χ2v) is 7.24. The van der Waals surface area contributed by atoms with E-state index >= 15 is 0 Å². The molecule has 0 radical (unpaired) electrons. The molecule has 0 spiro atoms. The number of aromatic nitrogens is 2. The van der Waals surface area contributed by atoms with Crippen molar-refractivity contribution in [2.24, 2.45) is 0 Å². The highest BCUT2D eigenvalue weighted by molar-refractivity contribution is 8.00. The van der Waals surface area contributed by atoms with E-state index in [1.165, 1.54) is 23.9 Å². The van der Waals surface area contributed by atoms with Crippen LogP contribution in [0.3, 0.4) is 0 Å². The summed E-state index contributed by atoms with van der Waals surface area (Å²) >= 11 is 1.17. The Balaban J connectivity index is 1.65. The zero-order valence-corrected chi connectivity index (χ0v) is 15.4. The first kappa shape index (κ1) is 18.1. The number of thioether (sulfide) groups is 1. The Labute approximate surface area is 155 Å². The normalized spacial score (nSPS) is 12.0. The maximum absolute atomic E-state index is 13.0. The van der Waals surface area contributed by atoms with E-state index < -0.39 is 5.25 Å². The van der Waals surface area contributed by atoms with Gasteiger partial charge in [0, 0.05) is 11.3 Å². The van der Waals surface area contributed by atoms with E-state index in [0.717, 1.165) is 16.8 Å². The largest absolute Gasteiger partial charge is 0.411 e. The number of amides is 1. The Hall–Kier alpha value is -2.67. The number of nitrogens with one attached hydrogen (secondary N) is 1. The molecule has 1 aromatic heterocycles. The number of halogens is 1. The molecule has 0 saturated carbocycles.